The van der Waals surface area contributed by atoms with E-state index in [4.69, 9.17) is 4.74 Å². The van der Waals surface area contributed by atoms with Crippen molar-refractivity contribution in [2.45, 2.75) is 40.2 Å². The number of amides is 3. The molecule has 3 amide bonds. The number of nitrogens with zero attached hydrogens (tertiary/aromatic N) is 2. The van der Waals surface area contributed by atoms with Gasteiger partial charge in [0.15, 0.2) is 0 Å². The number of hydrogen-bond acceptors (Lipinski definition) is 4. The van der Waals surface area contributed by atoms with Crippen molar-refractivity contribution in [2.75, 3.05) is 32.8 Å². The first-order valence-corrected chi connectivity index (χ1v) is 9.97. The fourth-order valence-corrected chi connectivity index (χ4v) is 3.15. The molecule has 0 bridgehead atoms. The molecule has 1 saturated heterocycles. The van der Waals surface area contributed by atoms with Crippen LogP contribution in [0, 0.1) is 5.92 Å². The van der Waals surface area contributed by atoms with Crippen LogP contribution in [0.1, 0.15) is 43.6 Å². The molecule has 1 aromatic carbocycles. The SMILES string of the molecule is CCOC(=O)N1CCN(C(=O)[C@@H](NC(=O)c2ccc(CC)cc2)C(C)C)CC1. The van der Waals surface area contributed by atoms with Gasteiger partial charge in [-0.1, -0.05) is 32.9 Å². The number of nitrogens with one attached hydrogen (secondary N) is 1. The largest absolute Gasteiger partial charge is 0.450 e. The van der Waals surface area contributed by atoms with Gasteiger partial charge < -0.3 is 19.9 Å². The summed E-state index contributed by atoms with van der Waals surface area (Å²) >= 11 is 0. The van der Waals surface area contributed by atoms with Gasteiger partial charge in [-0.2, -0.15) is 0 Å². The Morgan fingerprint density at radius 1 is 1.00 bits per heavy atom. The van der Waals surface area contributed by atoms with Gasteiger partial charge in [-0.15, -0.1) is 0 Å². The summed E-state index contributed by atoms with van der Waals surface area (Å²) < 4.78 is 5.01. The quantitative estimate of drug-likeness (QED) is 0.810. The molecule has 1 atom stereocenters. The molecular weight excluding hydrogens is 358 g/mol. The molecule has 0 unspecified atom stereocenters. The van der Waals surface area contributed by atoms with Crippen LogP contribution < -0.4 is 5.32 Å². The maximum absolute atomic E-state index is 13.0. The molecule has 1 fully saturated rings. The first-order valence-electron chi connectivity index (χ1n) is 9.97. The van der Waals surface area contributed by atoms with Gasteiger partial charge in [0.1, 0.15) is 6.04 Å². The number of ether oxygens (including phenoxy) is 1. The second-order valence-electron chi connectivity index (χ2n) is 7.26. The second-order valence-corrected chi connectivity index (χ2v) is 7.26. The fourth-order valence-electron chi connectivity index (χ4n) is 3.15. The minimum Gasteiger partial charge on any atom is -0.450 e. The first kappa shape index (κ1) is 21.7. The lowest BCUT2D eigenvalue weighted by Gasteiger charge is -2.36. The Bertz CT molecular complexity index is 679. The van der Waals surface area contributed by atoms with Crippen molar-refractivity contribution in [3.63, 3.8) is 0 Å². The molecule has 0 aliphatic carbocycles. The van der Waals surface area contributed by atoms with Gasteiger partial charge in [0.2, 0.25) is 5.91 Å². The van der Waals surface area contributed by atoms with E-state index in [2.05, 4.69) is 12.2 Å². The highest BCUT2D eigenvalue weighted by Gasteiger charge is 2.32. The Kier molecular flexibility index (Phi) is 7.84. The van der Waals surface area contributed by atoms with Crippen LogP contribution >= 0.6 is 0 Å². The van der Waals surface area contributed by atoms with Crippen LogP contribution in [0.2, 0.25) is 0 Å². The molecule has 7 heteroatoms. The van der Waals surface area contributed by atoms with Crippen molar-refractivity contribution in [3.05, 3.63) is 35.4 Å². The Labute approximate surface area is 167 Å². The van der Waals surface area contributed by atoms with E-state index in [9.17, 15) is 14.4 Å². The second kappa shape index (κ2) is 10.1. The highest BCUT2D eigenvalue weighted by atomic mass is 16.6. The summed E-state index contributed by atoms with van der Waals surface area (Å²) in [6.07, 6.45) is 0.561. The Hall–Kier alpha value is -2.57. The van der Waals surface area contributed by atoms with Crippen LogP contribution in [0.15, 0.2) is 24.3 Å². The van der Waals surface area contributed by atoms with E-state index < -0.39 is 6.04 Å². The zero-order valence-corrected chi connectivity index (χ0v) is 17.2. The summed E-state index contributed by atoms with van der Waals surface area (Å²) in [4.78, 5) is 40.7. The van der Waals surface area contributed by atoms with E-state index in [0.717, 1.165) is 12.0 Å². The average Bonchev–Trinajstić information content (AvgIpc) is 2.71. The van der Waals surface area contributed by atoms with Crippen molar-refractivity contribution >= 4 is 17.9 Å². The molecule has 28 heavy (non-hydrogen) atoms. The maximum atomic E-state index is 13.0. The third-order valence-corrected chi connectivity index (χ3v) is 4.96. The number of piperazine rings is 1. The Morgan fingerprint density at radius 3 is 2.07 bits per heavy atom. The number of hydrogen-bond donors (Lipinski definition) is 1. The molecule has 0 saturated carbocycles. The molecule has 0 aromatic heterocycles. The summed E-state index contributed by atoms with van der Waals surface area (Å²) in [6.45, 7) is 9.72. The van der Waals surface area contributed by atoms with E-state index in [-0.39, 0.29) is 23.8 Å². The highest BCUT2D eigenvalue weighted by Crippen LogP contribution is 2.12. The summed E-state index contributed by atoms with van der Waals surface area (Å²) in [5.74, 6) is -0.411. The predicted octanol–water partition coefficient (Wildman–Crippen LogP) is 2.30. The van der Waals surface area contributed by atoms with Crippen molar-refractivity contribution < 1.29 is 19.1 Å². The van der Waals surface area contributed by atoms with Gasteiger partial charge in [-0.05, 0) is 37.0 Å². The first-order chi connectivity index (χ1) is 13.4. The number of carbonyl (C=O) groups is 3. The Balaban J connectivity index is 1.98. The van der Waals surface area contributed by atoms with Crippen molar-refractivity contribution in [1.82, 2.24) is 15.1 Å². The standard InChI is InChI=1S/C21H31N3O4/c1-5-16-7-9-17(10-8-16)19(25)22-18(15(3)4)20(26)23-11-13-24(14-12-23)21(27)28-6-2/h7-10,15,18H,5-6,11-14H2,1-4H3,(H,22,25)/t18-/m0/s1. The van der Waals surface area contributed by atoms with Crippen LogP contribution in [-0.2, 0) is 16.0 Å². The highest BCUT2D eigenvalue weighted by molar-refractivity contribution is 5.97. The van der Waals surface area contributed by atoms with Crippen LogP contribution in [0.5, 0.6) is 0 Å². The van der Waals surface area contributed by atoms with E-state index in [1.54, 1.807) is 28.9 Å². The molecule has 7 nitrogen and oxygen atoms in total. The number of rotatable bonds is 6. The number of benzene rings is 1. The van der Waals surface area contributed by atoms with Crippen LogP contribution in [-0.4, -0.2) is 66.5 Å². The molecule has 0 spiro atoms. The lowest BCUT2D eigenvalue weighted by atomic mass is 10.0. The van der Waals surface area contributed by atoms with Crippen molar-refractivity contribution in [2.24, 2.45) is 5.92 Å². The third kappa shape index (κ3) is 5.47. The zero-order chi connectivity index (χ0) is 20.7. The summed E-state index contributed by atoms with van der Waals surface area (Å²) in [5.41, 5.74) is 1.70. The summed E-state index contributed by atoms with van der Waals surface area (Å²) in [5, 5.41) is 2.89. The molecule has 154 valence electrons. The number of carbonyl (C=O) groups excluding carboxylic acids is 3. The van der Waals surface area contributed by atoms with Crippen molar-refractivity contribution in [3.8, 4) is 0 Å². The van der Waals surface area contributed by atoms with Gasteiger partial charge in [0.25, 0.3) is 5.91 Å². The van der Waals surface area contributed by atoms with Crippen LogP contribution in [0.3, 0.4) is 0 Å². The van der Waals surface area contributed by atoms with Crippen molar-refractivity contribution in [1.29, 1.82) is 0 Å². The molecular formula is C21H31N3O4. The van der Waals surface area contributed by atoms with Gasteiger partial charge in [-0.3, -0.25) is 9.59 Å². The predicted molar refractivity (Wildman–Crippen MR) is 107 cm³/mol. The van der Waals surface area contributed by atoms with Crippen LogP contribution in [0.4, 0.5) is 4.79 Å². The normalized spacial score (nSPS) is 15.3. The van der Waals surface area contributed by atoms with Gasteiger partial charge in [0.05, 0.1) is 6.61 Å². The van der Waals surface area contributed by atoms with Crippen LogP contribution in [0.25, 0.3) is 0 Å². The van der Waals surface area contributed by atoms with E-state index >= 15 is 0 Å². The van der Waals surface area contributed by atoms with Gasteiger partial charge >= 0.3 is 6.09 Å². The lowest BCUT2D eigenvalue weighted by molar-refractivity contribution is -0.135. The topological polar surface area (TPSA) is 79.0 Å². The monoisotopic (exact) mass is 389 g/mol. The molecule has 0 radical (unpaired) electrons. The van der Waals surface area contributed by atoms with E-state index in [1.807, 2.05) is 26.0 Å². The smallest absolute Gasteiger partial charge is 0.409 e. The lowest BCUT2D eigenvalue weighted by Crippen LogP contribution is -2.57. The molecule has 1 aliphatic rings. The Morgan fingerprint density at radius 2 is 1.57 bits per heavy atom. The summed E-state index contributed by atoms with van der Waals surface area (Å²) in [6, 6.07) is 6.82. The fraction of sp³-hybridized carbons (Fsp3) is 0.571. The van der Waals surface area contributed by atoms with Gasteiger partial charge in [0, 0.05) is 31.7 Å². The minimum absolute atomic E-state index is 0.0468. The van der Waals surface area contributed by atoms with Gasteiger partial charge in [-0.25, -0.2) is 4.79 Å². The third-order valence-electron chi connectivity index (χ3n) is 4.96. The molecule has 1 aliphatic heterocycles. The number of aryl methyl sites for hydroxylation is 1. The van der Waals surface area contributed by atoms with E-state index in [1.165, 1.54) is 0 Å². The molecule has 2 rings (SSSR count). The summed E-state index contributed by atoms with van der Waals surface area (Å²) in [7, 11) is 0. The molecule has 1 heterocycles. The zero-order valence-electron chi connectivity index (χ0n) is 17.2. The van der Waals surface area contributed by atoms with E-state index in [0.29, 0.717) is 38.3 Å². The maximum Gasteiger partial charge on any atom is 0.409 e. The molecule has 1 aromatic rings. The average molecular weight is 389 g/mol. The molecule has 1 N–H and O–H groups in total. The minimum atomic E-state index is -0.604.